The molecular weight excluding hydrogens is 236 g/mol. The molecule has 1 atom stereocenters. The standard InChI is InChI=1S/C12H12N2O2S/c13-12-7-11(5-6-14-12)10-3-1-9(2-4-10)8-17(15)16/h1-7H,8H2,(H2,13,14)(H,15,16)/p-1. The van der Waals surface area contributed by atoms with Crippen molar-refractivity contribution < 1.29 is 8.76 Å². The van der Waals surface area contributed by atoms with Crippen molar-refractivity contribution in [1.29, 1.82) is 0 Å². The van der Waals surface area contributed by atoms with Crippen molar-refractivity contribution in [3.8, 4) is 11.1 Å². The Morgan fingerprint density at radius 1 is 1.18 bits per heavy atom. The smallest absolute Gasteiger partial charge is 0.123 e. The van der Waals surface area contributed by atoms with Crippen molar-refractivity contribution in [2.24, 2.45) is 0 Å². The third kappa shape index (κ3) is 3.12. The number of benzene rings is 1. The first kappa shape index (κ1) is 11.8. The van der Waals surface area contributed by atoms with E-state index in [4.69, 9.17) is 5.73 Å². The van der Waals surface area contributed by atoms with Crippen molar-refractivity contribution in [3.05, 3.63) is 48.2 Å². The van der Waals surface area contributed by atoms with Crippen molar-refractivity contribution in [3.63, 3.8) is 0 Å². The van der Waals surface area contributed by atoms with Crippen molar-refractivity contribution >= 4 is 16.9 Å². The van der Waals surface area contributed by atoms with Crippen LogP contribution in [0.25, 0.3) is 11.1 Å². The van der Waals surface area contributed by atoms with Gasteiger partial charge in [-0.2, -0.15) is 0 Å². The van der Waals surface area contributed by atoms with E-state index in [1.54, 1.807) is 24.4 Å². The molecule has 0 aliphatic rings. The molecule has 2 N–H and O–H groups in total. The Bertz CT molecular complexity index is 540. The van der Waals surface area contributed by atoms with Crippen LogP contribution in [0, 0.1) is 0 Å². The molecule has 1 heterocycles. The molecule has 2 aromatic rings. The van der Waals surface area contributed by atoms with Crippen molar-refractivity contribution in [2.45, 2.75) is 5.75 Å². The van der Waals surface area contributed by atoms with Gasteiger partial charge in [-0.15, -0.1) is 0 Å². The summed E-state index contributed by atoms with van der Waals surface area (Å²) in [6.45, 7) is 0. The molecule has 0 saturated heterocycles. The maximum absolute atomic E-state index is 10.5. The normalized spacial score (nSPS) is 12.3. The van der Waals surface area contributed by atoms with Gasteiger partial charge in [0.25, 0.3) is 0 Å². The topological polar surface area (TPSA) is 79.0 Å². The van der Waals surface area contributed by atoms with E-state index in [0.717, 1.165) is 16.7 Å². The van der Waals surface area contributed by atoms with E-state index in [9.17, 15) is 8.76 Å². The fraction of sp³-hybridized carbons (Fsp3) is 0.0833. The quantitative estimate of drug-likeness (QED) is 0.837. The van der Waals surface area contributed by atoms with Gasteiger partial charge in [-0.3, -0.25) is 4.21 Å². The van der Waals surface area contributed by atoms with E-state index in [1.165, 1.54) is 0 Å². The lowest BCUT2D eigenvalue weighted by Gasteiger charge is -2.06. The summed E-state index contributed by atoms with van der Waals surface area (Å²) in [7, 11) is 0. The Labute approximate surface area is 102 Å². The number of hydrogen-bond donors (Lipinski definition) is 1. The van der Waals surface area contributed by atoms with Crippen LogP contribution in [-0.2, 0) is 16.8 Å². The van der Waals surface area contributed by atoms with Gasteiger partial charge in [0.15, 0.2) is 0 Å². The summed E-state index contributed by atoms with van der Waals surface area (Å²) in [5.41, 5.74) is 8.32. The molecule has 0 saturated carbocycles. The van der Waals surface area contributed by atoms with E-state index in [1.807, 2.05) is 18.2 Å². The molecule has 2 rings (SSSR count). The van der Waals surface area contributed by atoms with E-state index >= 15 is 0 Å². The summed E-state index contributed by atoms with van der Waals surface area (Å²) in [6.07, 6.45) is 1.64. The van der Waals surface area contributed by atoms with Crippen LogP contribution in [0.5, 0.6) is 0 Å². The predicted octanol–water partition coefficient (Wildman–Crippen LogP) is 1.71. The Kier molecular flexibility index (Phi) is 3.51. The maximum Gasteiger partial charge on any atom is 0.123 e. The van der Waals surface area contributed by atoms with Gasteiger partial charge in [0.2, 0.25) is 0 Å². The third-order valence-electron chi connectivity index (χ3n) is 2.35. The maximum atomic E-state index is 10.5. The van der Waals surface area contributed by atoms with Gasteiger partial charge in [0, 0.05) is 11.9 Å². The number of pyridine rings is 1. The first-order valence-electron chi connectivity index (χ1n) is 5.02. The highest BCUT2D eigenvalue weighted by Gasteiger charge is 1.99. The zero-order chi connectivity index (χ0) is 12.3. The minimum Gasteiger partial charge on any atom is -0.772 e. The molecule has 0 amide bonds. The van der Waals surface area contributed by atoms with Gasteiger partial charge in [-0.1, -0.05) is 35.3 Å². The number of rotatable bonds is 3. The molecule has 0 spiro atoms. The lowest BCUT2D eigenvalue weighted by Crippen LogP contribution is -1.93. The molecule has 88 valence electrons. The van der Waals surface area contributed by atoms with E-state index < -0.39 is 11.1 Å². The van der Waals surface area contributed by atoms with Gasteiger partial charge >= 0.3 is 0 Å². The molecule has 1 aromatic heterocycles. The van der Waals surface area contributed by atoms with Crippen LogP contribution in [0.1, 0.15) is 5.56 Å². The molecule has 5 heteroatoms. The Hall–Kier alpha value is -1.72. The van der Waals surface area contributed by atoms with Crippen LogP contribution in [0.15, 0.2) is 42.6 Å². The van der Waals surface area contributed by atoms with Crippen molar-refractivity contribution in [2.75, 3.05) is 5.73 Å². The molecular formula is C12H11N2O2S-. The first-order chi connectivity index (χ1) is 8.15. The number of anilines is 1. The van der Waals surface area contributed by atoms with Gasteiger partial charge in [0.1, 0.15) is 5.82 Å². The van der Waals surface area contributed by atoms with E-state index in [0.29, 0.717) is 5.82 Å². The molecule has 4 nitrogen and oxygen atoms in total. The fourth-order valence-corrected chi connectivity index (χ4v) is 2.02. The lowest BCUT2D eigenvalue weighted by molar-refractivity contribution is 0.536. The zero-order valence-corrected chi connectivity index (χ0v) is 9.81. The highest BCUT2D eigenvalue weighted by Crippen LogP contribution is 2.20. The van der Waals surface area contributed by atoms with Crippen LogP contribution in [0.3, 0.4) is 0 Å². The van der Waals surface area contributed by atoms with Crippen LogP contribution in [-0.4, -0.2) is 13.7 Å². The fourth-order valence-electron chi connectivity index (χ4n) is 1.56. The van der Waals surface area contributed by atoms with Crippen LogP contribution >= 0.6 is 0 Å². The van der Waals surface area contributed by atoms with Gasteiger partial charge in [0.05, 0.1) is 0 Å². The van der Waals surface area contributed by atoms with Crippen LogP contribution < -0.4 is 5.73 Å². The lowest BCUT2D eigenvalue weighted by atomic mass is 10.1. The second kappa shape index (κ2) is 5.07. The molecule has 0 bridgehead atoms. The number of aromatic nitrogens is 1. The third-order valence-corrected chi connectivity index (χ3v) is 2.92. The monoisotopic (exact) mass is 247 g/mol. The van der Waals surface area contributed by atoms with Gasteiger partial charge < -0.3 is 10.3 Å². The minimum absolute atomic E-state index is 0.0404. The molecule has 17 heavy (non-hydrogen) atoms. The summed E-state index contributed by atoms with van der Waals surface area (Å²) in [5.74, 6) is 0.505. The number of hydrogen-bond acceptors (Lipinski definition) is 4. The highest BCUT2D eigenvalue weighted by atomic mass is 32.2. The average Bonchev–Trinajstić information content (AvgIpc) is 2.29. The highest BCUT2D eigenvalue weighted by molar-refractivity contribution is 7.78. The van der Waals surface area contributed by atoms with E-state index in [-0.39, 0.29) is 5.75 Å². The second-order valence-corrected chi connectivity index (χ2v) is 4.51. The number of nitrogens with two attached hydrogens (primary N) is 1. The molecule has 0 aliphatic heterocycles. The Balaban J connectivity index is 2.26. The predicted molar refractivity (Wildman–Crippen MR) is 66.7 cm³/mol. The van der Waals surface area contributed by atoms with Crippen LogP contribution in [0.4, 0.5) is 5.82 Å². The molecule has 1 unspecified atom stereocenters. The minimum atomic E-state index is -2.05. The summed E-state index contributed by atoms with van der Waals surface area (Å²) >= 11 is -2.05. The average molecular weight is 247 g/mol. The van der Waals surface area contributed by atoms with Gasteiger partial charge in [-0.05, 0) is 28.8 Å². The zero-order valence-electron chi connectivity index (χ0n) is 9.00. The SMILES string of the molecule is Nc1cc(-c2ccc(CS(=O)[O-])cc2)ccn1. The molecule has 0 fully saturated rings. The van der Waals surface area contributed by atoms with Crippen molar-refractivity contribution in [1.82, 2.24) is 4.98 Å². The summed E-state index contributed by atoms with van der Waals surface area (Å²) in [6, 6.07) is 11.0. The largest absolute Gasteiger partial charge is 0.772 e. The van der Waals surface area contributed by atoms with Gasteiger partial charge in [-0.25, -0.2) is 4.98 Å². The molecule has 0 aliphatic carbocycles. The summed E-state index contributed by atoms with van der Waals surface area (Å²) in [4.78, 5) is 3.92. The Morgan fingerprint density at radius 2 is 1.88 bits per heavy atom. The summed E-state index contributed by atoms with van der Waals surface area (Å²) in [5, 5.41) is 0. The van der Waals surface area contributed by atoms with Crippen LogP contribution in [0.2, 0.25) is 0 Å². The number of nitrogen functional groups attached to an aromatic ring is 1. The number of nitrogens with zero attached hydrogens (tertiary/aromatic N) is 1. The van der Waals surface area contributed by atoms with E-state index in [2.05, 4.69) is 4.98 Å². The Morgan fingerprint density at radius 3 is 2.47 bits per heavy atom. The summed E-state index contributed by atoms with van der Waals surface area (Å²) < 4.78 is 21.1. The second-order valence-electron chi connectivity index (χ2n) is 3.61. The molecule has 0 radical (unpaired) electrons. The first-order valence-corrected chi connectivity index (χ1v) is 6.26. The molecule has 1 aromatic carbocycles.